The van der Waals surface area contributed by atoms with Gasteiger partial charge in [-0.25, -0.2) is 0 Å². The van der Waals surface area contributed by atoms with Gasteiger partial charge >= 0.3 is 0 Å². The van der Waals surface area contributed by atoms with Crippen molar-refractivity contribution >= 4 is 29.4 Å². The van der Waals surface area contributed by atoms with Crippen molar-refractivity contribution in [1.29, 1.82) is 0 Å². The van der Waals surface area contributed by atoms with Gasteiger partial charge in [0.25, 0.3) is 0 Å². The highest BCUT2D eigenvalue weighted by molar-refractivity contribution is 5.88. The normalized spacial score (nSPS) is 21.0. The Morgan fingerprint density at radius 1 is 1.35 bits per heavy atom. The van der Waals surface area contributed by atoms with E-state index in [2.05, 4.69) is 4.98 Å². The molecule has 2 amide bonds. The predicted molar refractivity (Wildman–Crippen MR) is 144 cm³/mol. The number of nitrogens with two attached hydrogens (primary N) is 2. The molecule has 0 saturated carbocycles. The Morgan fingerprint density at radius 3 is 2.86 bits per heavy atom. The topological polar surface area (TPSA) is 138 Å². The van der Waals surface area contributed by atoms with E-state index in [4.69, 9.17) is 16.2 Å². The molecule has 6 N–H and O–H groups in total. The fraction of sp³-hybridized carbons (Fsp3) is 0.429. The number of aromatic amines is 1. The predicted octanol–water partition coefficient (Wildman–Crippen LogP) is 2.97. The molecular formula is C28H37N5O4. The van der Waals surface area contributed by atoms with Gasteiger partial charge < -0.3 is 36.1 Å². The number of para-hydroxylation sites is 1. The first-order chi connectivity index (χ1) is 17.8. The molecule has 0 bridgehead atoms. The Labute approximate surface area is 217 Å². The number of carbonyl (C=O) groups is 2. The molecule has 2 saturated heterocycles. The maximum atomic E-state index is 12.9. The van der Waals surface area contributed by atoms with Crippen LogP contribution in [-0.4, -0.2) is 71.1 Å². The van der Waals surface area contributed by atoms with E-state index in [9.17, 15) is 14.7 Å². The molecule has 2 fully saturated rings. The number of aromatic hydroxyl groups is 1. The monoisotopic (exact) mass is 507 g/mol. The number of likely N-dealkylation sites (tertiary alicyclic amines) is 1. The lowest BCUT2D eigenvalue weighted by molar-refractivity contribution is -0.128. The number of anilines is 1. The quantitative estimate of drug-likeness (QED) is 0.425. The Hall–Kier alpha value is -3.72. The number of ether oxygens (including phenoxy) is 1. The number of nitrogen functional groups attached to an aromatic ring is 1. The van der Waals surface area contributed by atoms with Crippen LogP contribution in [0, 0.1) is 6.92 Å². The largest absolute Gasteiger partial charge is 0.507 e. The first kappa shape index (κ1) is 26.3. The summed E-state index contributed by atoms with van der Waals surface area (Å²) in [6.45, 7) is 4.26. The van der Waals surface area contributed by atoms with Crippen molar-refractivity contribution in [2.45, 2.75) is 44.6 Å². The second-order valence-corrected chi connectivity index (χ2v) is 9.85. The lowest BCUT2D eigenvalue weighted by Crippen LogP contribution is -2.39. The average molecular weight is 508 g/mol. The molecule has 0 radical (unpaired) electrons. The fourth-order valence-corrected chi connectivity index (χ4v) is 5.17. The zero-order valence-electron chi connectivity index (χ0n) is 21.6. The van der Waals surface area contributed by atoms with E-state index in [0.29, 0.717) is 43.3 Å². The Bertz CT molecular complexity index is 1200. The standard InChI is InChI=1S/C28H37N5O4/c1-18-22(16-23(29)21-7-3-4-8-24(21)34)28(30)31-27(18)19-11-14-37-17-20(15-19)32(2)25(35)9-5-12-33-13-6-10-26(33)36/h3-5,7-9,16,19-20,31,34H,6,10-15,17,29-30H2,1-2H3/b9-5+,23-16-. The van der Waals surface area contributed by atoms with Crippen LogP contribution in [0.2, 0.25) is 0 Å². The minimum absolute atomic E-state index is 0.104. The molecular weight excluding hydrogens is 470 g/mol. The number of hydrogen-bond donors (Lipinski definition) is 4. The number of H-pyrrole nitrogens is 1. The second-order valence-electron chi connectivity index (χ2n) is 9.85. The molecule has 1 aromatic carbocycles. The van der Waals surface area contributed by atoms with Crippen LogP contribution in [0.3, 0.4) is 0 Å². The third-order valence-electron chi connectivity index (χ3n) is 7.42. The smallest absolute Gasteiger partial charge is 0.246 e. The number of likely N-dealkylation sites (N-methyl/N-ethyl adjacent to an activating group) is 1. The summed E-state index contributed by atoms with van der Waals surface area (Å²) in [7, 11) is 1.79. The van der Waals surface area contributed by atoms with Gasteiger partial charge in [-0.3, -0.25) is 9.59 Å². The Balaban J connectivity index is 1.47. The number of aromatic nitrogens is 1. The summed E-state index contributed by atoms with van der Waals surface area (Å²) < 4.78 is 5.87. The molecule has 2 aliphatic rings. The summed E-state index contributed by atoms with van der Waals surface area (Å²) in [5, 5.41) is 10.2. The molecule has 2 aromatic rings. The van der Waals surface area contributed by atoms with Crippen LogP contribution in [0.5, 0.6) is 5.75 Å². The van der Waals surface area contributed by atoms with Crippen molar-refractivity contribution in [2.24, 2.45) is 5.73 Å². The second kappa shape index (κ2) is 11.6. The van der Waals surface area contributed by atoms with E-state index in [1.807, 2.05) is 13.0 Å². The molecule has 198 valence electrons. The van der Waals surface area contributed by atoms with E-state index in [-0.39, 0.29) is 29.5 Å². The number of benzene rings is 1. The molecule has 2 unspecified atom stereocenters. The zero-order chi connectivity index (χ0) is 26.5. The number of phenolic OH excluding ortho intramolecular Hbond substituents is 1. The van der Waals surface area contributed by atoms with E-state index in [1.165, 1.54) is 0 Å². The highest BCUT2D eigenvalue weighted by Gasteiger charge is 2.29. The molecule has 0 aliphatic carbocycles. The van der Waals surface area contributed by atoms with Crippen LogP contribution in [0.25, 0.3) is 11.8 Å². The number of phenols is 1. The first-order valence-electron chi connectivity index (χ1n) is 12.8. The van der Waals surface area contributed by atoms with Gasteiger partial charge in [0.05, 0.1) is 12.6 Å². The molecule has 9 heteroatoms. The van der Waals surface area contributed by atoms with Crippen LogP contribution in [0.1, 0.15) is 54.0 Å². The number of nitrogens with zero attached hydrogens (tertiary/aromatic N) is 2. The Kier molecular flexibility index (Phi) is 8.23. The third kappa shape index (κ3) is 5.99. The molecule has 1 aromatic heterocycles. The molecule has 4 rings (SSSR count). The van der Waals surface area contributed by atoms with Crippen molar-refractivity contribution in [3.8, 4) is 5.75 Å². The van der Waals surface area contributed by atoms with E-state index in [1.54, 1.807) is 53.3 Å². The van der Waals surface area contributed by atoms with Gasteiger partial charge in [0.2, 0.25) is 11.8 Å². The summed E-state index contributed by atoms with van der Waals surface area (Å²) in [5.74, 6) is 0.771. The SMILES string of the molecule is Cc1c(C2CCOCC(N(C)C(=O)/C=C/CN3CCCC3=O)C2)[nH]c(N)c1/C=C(\N)c1ccccc1O. The van der Waals surface area contributed by atoms with Crippen LogP contribution >= 0.6 is 0 Å². The van der Waals surface area contributed by atoms with Crippen LogP contribution in [0.4, 0.5) is 5.82 Å². The zero-order valence-corrected chi connectivity index (χ0v) is 21.6. The van der Waals surface area contributed by atoms with Gasteiger partial charge in [0.15, 0.2) is 0 Å². The fourth-order valence-electron chi connectivity index (χ4n) is 5.17. The summed E-state index contributed by atoms with van der Waals surface area (Å²) >= 11 is 0. The van der Waals surface area contributed by atoms with Gasteiger partial charge in [-0.1, -0.05) is 18.2 Å². The van der Waals surface area contributed by atoms with Crippen molar-refractivity contribution < 1.29 is 19.4 Å². The molecule has 2 aliphatic heterocycles. The minimum atomic E-state index is -0.109. The van der Waals surface area contributed by atoms with Gasteiger partial charge in [-0.05, 0) is 50.0 Å². The van der Waals surface area contributed by atoms with Crippen molar-refractivity contribution in [3.05, 3.63) is 58.8 Å². The van der Waals surface area contributed by atoms with Crippen molar-refractivity contribution in [2.75, 3.05) is 39.1 Å². The van der Waals surface area contributed by atoms with E-state index < -0.39 is 0 Å². The third-order valence-corrected chi connectivity index (χ3v) is 7.42. The lowest BCUT2D eigenvalue weighted by atomic mass is 9.91. The maximum Gasteiger partial charge on any atom is 0.246 e. The van der Waals surface area contributed by atoms with Gasteiger partial charge in [-0.15, -0.1) is 0 Å². The lowest BCUT2D eigenvalue weighted by Gasteiger charge is -2.28. The molecule has 9 nitrogen and oxygen atoms in total. The van der Waals surface area contributed by atoms with Gasteiger partial charge in [0, 0.05) is 67.7 Å². The number of hydrogen-bond acceptors (Lipinski definition) is 6. The molecule has 37 heavy (non-hydrogen) atoms. The van der Waals surface area contributed by atoms with Crippen LogP contribution < -0.4 is 11.5 Å². The number of carbonyl (C=O) groups excluding carboxylic acids is 2. The highest BCUT2D eigenvalue weighted by Crippen LogP contribution is 2.35. The summed E-state index contributed by atoms with van der Waals surface area (Å²) in [5.41, 5.74) is 16.4. The molecule has 2 atom stereocenters. The Morgan fingerprint density at radius 2 is 2.14 bits per heavy atom. The van der Waals surface area contributed by atoms with Crippen LogP contribution in [-0.2, 0) is 14.3 Å². The average Bonchev–Trinajstić information content (AvgIpc) is 3.29. The summed E-state index contributed by atoms with van der Waals surface area (Å²) in [4.78, 5) is 31.5. The number of amides is 2. The van der Waals surface area contributed by atoms with Gasteiger partial charge in [-0.2, -0.15) is 0 Å². The van der Waals surface area contributed by atoms with Gasteiger partial charge in [0.1, 0.15) is 11.6 Å². The number of rotatable bonds is 7. The van der Waals surface area contributed by atoms with E-state index >= 15 is 0 Å². The van der Waals surface area contributed by atoms with E-state index in [0.717, 1.165) is 42.6 Å². The van der Waals surface area contributed by atoms with Crippen molar-refractivity contribution in [1.82, 2.24) is 14.8 Å². The first-order valence-corrected chi connectivity index (χ1v) is 12.8. The maximum absolute atomic E-state index is 12.9. The summed E-state index contributed by atoms with van der Waals surface area (Å²) in [6.07, 6.45) is 8.08. The molecule has 0 spiro atoms. The summed E-state index contributed by atoms with van der Waals surface area (Å²) in [6, 6.07) is 6.82. The van der Waals surface area contributed by atoms with Crippen molar-refractivity contribution in [3.63, 3.8) is 0 Å². The number of nitrogens with one attached hydrogen (secondary N) is 1. The minimum Gasteiger partial charge on any atom is -0.507 e. The van der Waals surface area contributed by atoms with Crippen LogP contribution in [0.15, 0.2) is 36.4 Å². The highest BCUT2D eigenvalue weighted by atomic mass is 16.5. The molecule has 3 heterocycles.